The lowest BCUT2D eigenvalue weighted by molar-refractivity contribution is 0.0945. The molecule has 0 unspecified atom stereocenters. The zero-order valence-corrected chi connectivity index (χ0v) is 15.6. The molecule has 1 saturated heterocycles. The summed E-state index contributed by atoms with van der Waals surface area (Å²) in [5.41, 5.74) is 2.91. The van der Waals surface area contributed by atoms with Gasteiger partial charge in [0, 0.05) is 32.2 Å². The molecule has 0 aromatic heterocycles. The molecule has 1 heterocycles. The molecule has 0 N–H and O–H groups in total. The van der Waals surface area contributed by atoms with Crippen molar-refractivity contribution < 1.29 is 0 Å². The highest BCUT2D eigenvalue weighted by atomic mass is 15.3. The Bertz CT molecular complexity index is 547. The molecule has 0 spiro atoms. The van der Waals surface area contributed by atoms with Crippen molar-refractivity contribution >= 4 is 0 Å². The normalized spacial score (nSPS) is 16.4. The molecule has 1 fully saturated rings. The van der Waals surface area contributed by atoms with E-state index in [1.807, 2.05) is 0 Å². The number of piperazine rings is 1. The lowest BCUT2D eigenvalue weighted by Gasteiger charge is -2.39. The highest BCUT2D eigenvalue weighted by molar-refractivity contribution is 5.20. The number of unbranched alkanes of at least 4 members (excludes halogenated alkanes) is 1. The van der Waals surface area contributed by atoms with Crippen molar-refractivity contribution in [3.63, 3.8) is 0 Å². The highest BCUT2D eigenvalue weighted by Gasteiger charge is 2.24. The van der Waals surface area contributed by atoms with Crippen molar-refractivity contribution in [2.75, 3.05) is 32.7 Å². The van der Waals surface area contributed by atoms with Gasteiger partial charge in [0.05, 0.1) is 0 Å². The van der Waals surface area contributed by atoms with Crippen LogP contribution in [0.25, 0.3) is 0 Å². The molecule has 0 saturated carbocycles. The van der Waals surface area contributed by atoms with E-state index in [4.69, 9.17) is 0 Å². The van der Waals surface area contributed by atoms with Crippen LogP contribution in [0.4, 0.5) is 0 Å². The minimum atomic E-state index is 0.595. The number of hydrogen-bond acceptors (Lipinski definition) is 2. The van der Waals surface area contributed by atoms with E-state index >= 15 is 0 Å². The SMILES string of the molecule is CCCCN1CCN(C(Cc2ccccc2)Cc2ccccc2)CC1. The van der Waals surface area contributed by atoms with Crippen LogP contribution in [0.5, 0.6) is 0 Å². The molecule has 0 atom stereocenters. The predicted molar refractivity (Wildman–Crippen MR) is 107 cm³/mol. The van der Waals surface area contributed by atoms with E-state index in [0.717, 1.165) is 12.8 Å². The topological polar surface area (TPSA) is 6.48 Å². The summed E-state index contributed by atoms with van der Waals surface area (Å²) in [6.07, 6.45) is 4.91. The lowest BCUT2D eigenvalue weighted by atomic mass is 9.97. The first-order valence-corrected chi connectivity index (χ1v) is 9.89. The fraction of sp³-hybridized carbons (Fsp3) is 0.478. The summed E-state index contributed by atoms with van der Waals surface area (Å²) in [5.74, 6) is 0. The van der Waals surface area contributed by atoms with Crippen molar-refractivity contribution in [3.8, 4) is 0 Å². The van der Waals surface area contributed by atoms with Gasteiger partial charge in [0.15, 0.2) is 0 Å². The average molecular weight is 337 g/mol. The summed E-state index contributed by atoms with van der Waals surface area (Å²) in [7, 11) is 0. The van der Waals surface area contributed by atoms with Crippen molar-refractivity contribution in [1.29, 1.82) is 0 Å². The van der Waals surface area contributed by atoms with Crippen molar-refractivity contribution in [3.05, 3.63) is 71.8 Å². The monoisotopic (exact) mass is 336 g/mol. The van der Waals surface area contributed by atoms with Gasteiger partial charge in [-0.25, -0.2) is 0 Å². The molecule has 0 radical (unpaired) electrons. The van der Waals surface area contributed by atoms with Gasteiger partial charge in [-0.1, -0.05) is 74.0 Å². The van der Waals surface area contributed by atoms with E-state index in [-0.39, 0.29) is 0 Å². The van der Waals surface area contributed by atoms with E-state index in [1.165, 1.54) is 56.7 Å². The summed E-state index contributed by atoms with van der Waals surface area (Å²) < 4.78 is 0. The highest BCUT2D eigenvalue weighted by Crippen LogP contribution is 2.17. The lowest BCUT2D eigenvalue weighted by Crippen LogP contribution is -2.51. The molecule has 1 aliphatic rings. The van der Waals surface area contributed by atoms with Crippen LogP contribution in [0.3, 0.4) is 0 Å². The van der Waals surface area contributed by atoms with Crippen molar-refractivity contribution in [1.82, 2.24) is 9.80 Å². The molecule has 25 heavy (non-hydrogen) atoms. The Hall–Kier alpha value is -1.64. The zero-order valence-electron chi connectivity index (χ0n) is 15.6. The molecule has 2 aromatic rings. The van der Waals surface area contributed by atoms with Crippen LogP contribution in [0.2, 0.25) is 0 Å². The first-order chi connectivity index (χ1) is 12.3. The molecule has 0 aliphatic carbocycles. The second-order valence-corrected chi connectivity index (χ2v) is 7.26. The smallest absolute Gasteiger partial charge is 0.0177 e. The van der Waals surface area contributed by atoms with Gasteiger partial charge >= 0.3 is 0 Å². The third-order valence-corrected chi connectivity index (χ3v) is 5.38. The predicted octanol–water partition coefficient (Wildman–Crippen LogP) is 4.26. The first-order valence-electron chi connectivity index (χ1n) is 9.89. The van der Waals surface area contributed by atoms with Crippen molar-refractivity contribution in [2.24, 2.45) is 0 Å². The van der Waals surface area contributed by atoms with Gasteiger partial charge in [-0.3, -0.25) is 4.90 Å². The molecule has 0 amide bonds. The van der Waals surface area contributed by atoms with Gasteiger partial charge in [-0.2, -0.15) is 0 Å². The fourth-order valence-electron chi connectivity index (χ4n) is 3.84. The number of nitrogens with zero attached hydrogens (tertiary/aromatic N) is 2. The van der Waals surface area contributed by atoms with Gasteiger partial charge in [0.2, 0.25) is 0 Å². The van der Waals surface area contributed by atoms with Gasteiger partial charge in [-0.05, 0) is 36.9 Å². The Morgan fingerprint density at radius 1 is 0.760 bits per heavy atom. The summed E-state index contributed by atoms with van der Waals surface area (Å²) in [6.45, 7) is 8.40. The van der Waals surface area contributed by atoms with Gasteiger partial charge in [0.1, 0.15) is 0 Å². The van der Waals surface area contributed by atoms with Gasteiger partial charge in [0.25, 0.3) is 0 Å². The van der Waals surface area contributed by atoms with Crippen molar-refractivity contribution in [2.45, 2.75) is 38.6 Å². The van der Waals surface area contributed by atoms with Crippen LogP contribution in [-0.2, 0) is 12.8 Å². The van der Waals surface area contributed by atoms with Crippen LogP contribution < -0.4 is 0 Å². The van der Waals surface area contributed by atoms with Crippen LogP contribution in [0, 0.1) is 0 Å². The Morgan fingerprint density at radius 3 is 1.76 bits per heavy atom. The second-order valence-electron chi connectivity index (χ2n) is 7.26. The first kappa shape index (κ1) is 18.2. The Labute approximate surface area is 153 Å². The van der Waals surface area contributed by atoms with Gasteiger partial charge in [-0.15, -0.1) is 0 Å². The maximum absolute atomic E-state index is 2.72. The molecular formula is C23H32N2. The molecule has 3 rings (SSSR count). The minimum Gasteiger partial charge on any atom is -0.301 e. The largest absolute Gasteiger partial charge is 0.301 e. The Balaban J connectivity index is 1.64. The van der Waals surface area contributed by atoms with Crippen LogP contribution in [0.1, 0.15) is 30.9 Å². The summed E-state index contributed by atoms with van der Waals surface area (Å²) in [5, 5.41) is 0. The third kappa shape index (κ3) is 5.69. The molecule has 1 aliphatic heterocycles. The number of rotatable bonds is 8. The Morgan fingerprint density at radius 2 is 1.28 bits per heavy atom. The molecule has 0 bridgehead atoms. The molecule has 2 heteroatoms. The third-order valence-electron chi connectivity index (χ3n) is 5.38. The summed E-state index contributed by atoms with van der Waals surface area (Å²) >= 11 is 0. The molecule has 134 valence electrons. The van der Waals surface area contributed by atoms with E-state index in [0.29, 0.717) is 6.04 Å². The zero-order chi connectivity index (χ0) is 17.3. The Kier molecular flexibility index (Phi) is 7.08. The van der Waals surface area contributed by atoms with E-state index in [9.17, 15) is 0 Å². The minimum absolute atomic E-state index is 0.595. The van der Waals surface area contributed by atoms with E-state index < -0.39 is 0 Å². The van der Waals surface area contributed by atoms with Crippen LogP contribution >= 0.6 is 0 Å². The standard InChI is InChI=1S/C23H32N2/c1-2-3-14-24-15-17-25(18-16-24)23(19-21-10-6-4-7-11-21)20-22-12-8-5-9-13-22/h4-13,23H,2-3,14-20H2,1H3. The van der Waals surface area contributed by atoms with E-state index in [2.05, 4.69) is 77.4 Å². The number of hydrogen-bond donors (Lipinski definition) is 0. The quantitative estimate of drug-likeness (QED) is 0.711. The summed E-state index contributed by atoms with van der Waals surface area (Å²) in [6, 6.07) is 22.6. The maximum Gasteiger partial charge on any atom is 0.0177 e. The second kappa shape index (κ2) is 9.74. The molecule has 2 nitrogen and oxygen atoms in total. The van der Waals surface area contributed by atoms with Gasteiger partial charge < -0.3 is 4.90 Å². The van der Waals surface area contributed by atoms with Crippen LogP contribution in [-0.4, -0.2) is 48.6 Å². The van der Waals surface area contributed by atoms with E-state index in [1.54, 1.807) is 0 Å². The van der Waals surface area contributed by atoms with Crippen LogP contribution in [0.15, 0.2) is 60.7 Å². The fourth-order valence-corrected chi connectivity index (χ4v) is 3.84. The molecule has 2 aromatic carbocycles. The summed E-state index contributed by atoms with van der Waals surface area (Å²) in [4.78, 5) is 5.37. The molecular weight excluding hydrogens is 304 g/mol. The number of benzene rings is 2. The maximum atomic E-state index is 2.72. The average Bonchev–Trinajstić information content (AvgIpc) is 2.68.